The Balaban J connectivity index is 2.11. The molecule has 0 spiro atoms. The summed E-state index contributed by atoms with van der Waals surface area (Å²) in [6.45, 7) is 8.88. The molecule has 1 aliphatic heterocycles. The third kappa shape index (κ3) is 3.08. The van der Waals surface area contributed by atoms with E-state index in [2.05, 4.69) is 24.3 Å². The van der Waals surface area contributed by atoms with Crippen molar-refractivity contribution in [3.63, 3.8) is 0 Å². The summed E-state index contributed by atoms with van der Waals surface area (Å²) in [6, 6.07) is 2.14. The van der Waals surface area contributed by atoms with Gasteiger partial charge >= 0.3 is 6.03 Å². The van der Waals surface area contributed by atoms with Gasteiger partial charge in [-0.15, -0.1) is 0 Å². The molecular weight excluding hydrogens is 242 g/mol. The van der Waals surface area contributed by atoms with E-state index in [0.717, 1.165) is 30.8 Å². The molecule has 1 atom stereocenters. The molecule has 0 bridgehead atoms. The summed E-state index contributed by atoms with van der Waals surface area (Å²) in [5.74, 6) is 1.15. The maximum absolute atomic E-state index is 12.1. The Morgan fingerprint density at radius 2 is 2.21 bits per heavy atom. The molecule has 19 heavy (non-hydrogen) atoms. The highest BCUT2D eigenvalue weighted by molar-refractivity contribution is 5.75. The minimum atomic E-state index is -0.0139. The predicted octanol–water partition coefficient (Wildman–Crippen LogP) is 3.05. The minimum absolute atomic E-state index is 0.0139. The van der Waals surface area contributed by atoms with Gasteiger partial charge in [-0.2, -0.15) is 0 Å². The van der Waals surface area contributed by atoms with Gasteiger partial charge in [0.15, 0.2) is 5.76 Å². The van der Waals surface area contributed by atoms with E-state index >= 15 is 0 Å². The summed E-state index contributed by atoms with van der Waals surface area (Å²) in [4.78, 5) is 14.0. The van der Waals surface area contributed by atoms with E-state index in [0.29, 0.717) is 5.92 Å². The van der Waals surface area contributed by atoms with Crippen LogP contribution in [0, 0.1) is 0 Å². The molecule has 1 aromatic heterocycles. The predicted molar refractivity (Wildman–Crippen MR) is 72.9 cm³/mol. The van der Waals surface area contributed by atoms with Crippen molar-refractivity contribution in [2.45, 2.75) is 58.5 Å². The van der Waals surface area contributed by atoms with Crippen LogP contribution in [-0.2, 0) is 0 Å². The van der Waals surface area contributed by atoms with Crippen LogP contribution in [0.25, 0.3) is 0 Å². The first-order valence-electron chi connectivity index (χ1n) is 7.02. The Bertz CT molecular complexity index is 440. The molecule has 0 aliphatic carbocycles. The molecule has 1 N–H and O–H groups in total. The van der Waals surface area contributed by atoms with Crippen LogP contribution in [0.1, 0.15) is 64.0 Å². The first-order chi connectivity index (χ1) is 8.99. The second-order valence-electron chi connectivity index (χ2n) is 5.76. The lowest BCUT2D eigenvalue weighted by molar-refractivity contribution is 0.180. The average Bonchev–Trinajstić information content (AvgIpc) is 2.96. The third-order valence-corrected chi connectivity index (χ3v) is 3.39. The normalized spacial score (nSPS) is 19.5. The number of amides is 2. The Morgan fingerprint density at radius 1 is 1.47 bits per heavy atom. The number of likely N-dealkylation sites (tertiary alicyclic amines) is 1. The quantitative estimate of drug-likeness (QED) is 0.913. The zero-order chi connectivity index (χ0) is 14.0. The molecular formula is C14H23N3O2. The smallest absolute Gasteiger partial charge is 0.318 e. The van der Waals surface area contributed by atoms with Crippen LogP contribution in [0.5, 0.6) is 0 Å². The Morgan fingerprint density at radius 3 is 2.79 bits per heavy atom. The maximum atomic E-state index is 12.1. The number of hydrogen-bond acceptors (Lipinski definition) is 3. The molecule has 0 radical (unpaired) electrons. The van der Waals surface area contributed by atoms with Gasteiger partial charge < -0.3 is 14.7 Å². The first kappa shape index (κ1) is 13.9. The fourth-order valence-electron chi connectivity index (χ4n) is 2.37. The number of nitrogens with one attached hydrogen (secondary N) is 1. The van der Waals surface area contributed by atoms with E-state index < -0.39 is 0 Å². The molecule has 1 aromatic rings. The Hall–Kier alpha value is -1.52. The van der Waals surface area contributed by atoms with Crippen LogP contribution >= 0.6 is 0 Å². The molecule has 1 saturated heterocycles. The maximum Gasteiger partial charge on any atom is 0.318 e. The molecule has 1 unspecified atom stereocenters. The van der Waals surface area contributed by atoms with E-state index in [1.165, 1.54) is 0 Å². The number of hydrogen-bond donors (Lipinski definition) is 1. The van der Waals surface area contributed by atoms with Gasteiger partial charge in [-0.3, -0.25) is 0 Å². The monoisotopic (exact) mass is 265 g/mol. The van der Waals surface area contributed by atoms with Crippen LogP contribution in [0.4, 0.5) is 4.79 Å². The van der Waals surface area contributed by atoms with Crippen molar-refractivity contribution in [2.24, 2.45) is 0 Å². The molecule has 1 aliphatic rings. The summed E-state index contributed by atoms with van der Waals surface area (Å²) >= 11 is 0. The van der Waals surface area contributed by atoms with Gasteiger partial charge in [0, 0.05) is 18.7 Å². The van der Waals surface area contributed by atoms with Crippen LogP contribution < -0.4 is 5.32 Å². The topological polar surface area (TPSA) is 58.4 Å². The number of rotatable bonds is 3. The van der Waals surface area contributed by atoms with Crippen LogP contribution in [0.15, 0.2) is 10.6 Å². The Labute approximate surface area is 114 Å². The second kappa shape index (κ2) is 5.63. The largest absolute Gasteiger partial charge is 0.359 e. The fourth-order valence-corrected chi connectivity index (χ4v) is 2.37. The SMILES string of the molecule is CC(C)NC(=O)N1CCCC1c1cc(C(C)C)no1. The molecule has 106 valence electrons. The summed E-state index contributed by atoms with van der Waals surface area (Å²) in [5, 5.41) is 7.02. The third-order valence-electron chi connectivity index (χ3n) is 3.39. The summed E-state index contributed by atoms with van der Waals surface area (Å²) in [6.07, 6.45) is 1.95. The summed E-state index contributed by atoms with van der Waals surface area (Å²) < 4.78 is 5.42. The number of carbonyl (C=O) groups excluding carboxylic acids is 1. The molecule has 5 heteroatoms. The van der Waals surface area contributed by atoms with Gasteiger partial charge in [0.1, 0.15) is 0 Å². The molecule has 2 amide bonds. The lowest BCUT2D eigenvalue weighted by Gasteiger charge is -2.24. The number of nitrogens with zero attached hydrogens (tertiary/aromatic N) is 2. The van der Waals surface area contributed by atoms with Crippen molar-refractivity contribution in [1.29, 1.82) is 0 Å². The fraction of sp³-hybridized carbons (Fsp3) is 0.714. The lowest BCUT2D eigenvalue weighted by atomic mass is 10.1. The van der Waals surface area contributed by atoms with E-state index in [-0.39, 0.29) is 18.1 Å². The number of aromatic nitrogens is 1. The number of urea groups is 1. The molecule has 0 saturated carbocycles. The average molecular weight is 265 g/mol. The van der Waals surface area contributed by atoms with Crippen LogP contribution in [-0.4, -0.2) is 28.7 Å². The lowest BCUT2D eigenvalue weighted by Crippen LogP contribution is -2.42. The van der Waals surface area contributed by atoms with Crippen molar-refractivity contribution in [3.8, 4) is 0 Å². The zero-order valence-electron chi connectivity index (χ0n) is 12.1. The standard InChI is InChI=1S/C14H23N3O2/c1-9(2)11-8-13(19-16-11)12-6-5-7-17(12)14(18)15-10(3)4/h8-10,12H,5-7H2,1-4H3,(H,15,18). The van der Waals surface area contributed by atoms with Crippen LogP contribution in [0.2, 0.25) is 0 Å². The molecule has 0 aromatic carbocycles. The van der Waals surface area contributed by atoms with Gasteiger partial charge in [0.25, 0.3) is 0 Å². The molecule has 2 heterocycles. The van der Waals surface area contributed by atoms with Crippen molar-refractivity contribution >= 4 is 6.03 Å². The van der Waals surface area contributed by atoms with Gasteiger partial charge in [0.2, 0.25) is 0 Å². The zero-order valence-corrected chi connectivity index (χ0v) is 12.1. The summed E-state index contributed by atoms with van der Waals surface area (Å²) in [7, 11) is 0. The van der Waals surface area contributed by atoms with Crippen LogP contribution in [0.3, 0.4) is 0 Å². The van der Waals surface area contributed by atoms with Gasteiger partial charge in [-0.25, -0.2) is 4.79 Å². The highest BCUT2D eigenvalue weighted by atomic mass is 16.5. The van der Waals surface area contributed by atoms with Gasteiger partial charge in [0.05, 0.1) is 11.7 Å². The van der Waals surface area contributed by atoms with E-state index in [4.69, 9.17) is 4.52 Å². The molecule has 5 nitrogen and oxygen atoms in total. The van der Waals surface area contributed by atoms with Crippen molar-refractivity contribution in [2.75, 3.05) is 6.54 Å². The van der Waals surface area contributed by atoms with Crippen molar-refractivity contribution in [3.05, 3.63) is 17.5 Å². The first-order valence-corrected chi connectivity index (χ1v) is 7.02. The number of carbonyl (C=O) groups is 1. The van der Waals surface area contributed by atoms with Gasteiger partial charge in [-0.1, -0.05) is 19.0 Å². The Kier molecular flexibility index (Phi) is 4.12. The van der Waals surface area contributed by atoms with E-state index in [1.807, 2.05) is 24.8 Å². The highest BCUT2D eigenvalue weighted by Gasteiger charge is 2.33. The molecule has 1 fully saturated rings. The summed E-state index contributed by atoms with van der Waals surface area (Å²) in [5.41, 5.74) is 0.950. The van der Waals surface area contributed by atoms with E-state index in [9.17, 15) is 4.79 Å². The van der Waals surface area contributed by atoms with Crippen molar-refractivity contribution < 1.29 is 9.32 Å². The highest BCUT2D eigenvalue weighted by Crippen LogP contribution is 2.33. The van der Waals surface area contributed by atoms with Gasteiger partial charge in [-0.05, 0) is 32.6 Å². The van der Waals surface area contributed by atoms with E-state index in [1.54, 1.807) is 0 Å². The molecule has 2 rings (SSSR count). The second-order valence-corrected chi connectivity index (χ2v) is 5.76. The minimum Gasteiger partial charge on any atom is -0.359 e. The van der Waals surface area contributed by atoms with Crippen molar-refractivity contribution in [1.82, 2.24) is 15.4 Å².